The second-order valence-electron chi connectivity index (χ2n) is 4.80. The van der Waals surface area contributed by atoms with Gasteiger partial charge in [0.15, 0.2) is 5.82 Å². The molecule has 0 heterocycles. The van der Waals surface area contributed by atoms with Gasteiger partial charge in [-0.1, -0.05) is 24.3 Å². The molecule has 2 rings (SSSR count). The van der Waals surface area contributed by atoms with E-state index in [1.165, 1.54) is 0 Å². The summed E-state index contributed by atoms with van der Waals surface area (Å²) in [4.78, 5) is 1.98. The van der Waals surface area contributed by atoms with Gasteiger partial charge in [0.1, 0.15) is 0 Å². The molecular weight excluding hydrogens is 253 g/mol. The van der Waals surface area contributed by atoms with Crippen molar-refractivity contribution in [3.63, 3.8) is 0 Å². The highest BCUT2D eigenvalue weighted by atomic mass is 19.1. The molecule has 102 valence electrons. The van der Waals surface area contributed by atoms with Crippen LogP contribution in [-0.4, -0.2) is 11.9 Å². The van der Waals surface area contributed by atoms with Crippen molar-refractivity contribution >= 4 is 5.69 Å². The Bertz CT molecular complexity index is 646. The van der Waals surface area contributed by atoms with E-state index in [1.54, 1.807) is 24.3 Å². The van der Waals surface area contributed by atoms with Gasteiger partial charge in [0.25, 0.3) is 0 Å². The van der Waals surface area contributed by atoms with Crippen molar-refractivity contribution in [1.82, 2.24) is 4.90 Å². The first-order valence-electron chi connectivity index (χ1n) is 6.30. The van der Waals surface area contributed by atoms with Crippen molar-refractivity contribution in [3.8, 4) is 6.07 Å². The molecule has 0 atom stereocenters. The zero-order valence-electron chi connectivity index (χ0n) is 11.3. The van der Waals surface area contributed by atoms with Crippen LogP contribution in [0.1, 0.15) is 16.7 Å². The minimum absolute atomic E-state index is 0.169. The minimum atomic E-state index is -0.356. The fourth-order valence-electron chi connectivity index (χ4n) is 2.12. The number of halogens is 1. The molecule has 0 radical (unpaired) electrons. The third-order valence-corrected chi connectivity index (χ3v) is 3.06. The van der Waals surface area contributed by atoms with Gasteiger partial charge in [-0.05, 0) is 30.8 Å². The van der Waals surface area contributed by atoms with Crippen molar-refractivity contribution in [2.75, 3.05) is 12.8 Å². The number of nitrogens with zero attached hydrogens (tertiary/aromatic N) is 2. The van der Waals surface area contributed by atoms with Crippen LogP contribution in [0.3, 0.4) is 0 Å². The highest BCUT2D eigenvalue weighted by molar-refractivity contribution is 5.42. The van der Waals surface area contributed by atoms with Crippen LogP contribution >= 0.6 is 0 Å². The van der Waals surface area contributed by atoms with E-state index in [2.05, 4.69) is 6.07 Å². The summed E-state index contributed by atoms with van der Waals surface area (Å²) in [6.45, 7) is 1.11. The first kappa shape index (κ1) is 14.0. The van der Waals surface area contributed by atoms with Crippen LogP contribution in [0.2, 0.25) is 0 Å². The molecule has 0 spiro atoms. The number of rotatable bonds is 4. The van der Waals surface area contributed by atoms with Gasteiger partial charge in [0, 0.05) is 18.7 Å². The molecule has 20 heavy (non-hydrogen) atoms. The number of nitriles is 1. The molecule has 0 amide bonds. The summed E-state index contributed by atoms with van der Waals surface area (Å²) < 4.78 is 13.8. The summed E-state index contributed by atoms with van der Waals surface area (Å²) in [6.07, 6.45) is 0. The molecule has 0 aliphatic heterocycles. The lowest BCUT2D eigenvalue weighted by molar-refractivity contribution is 0.314. The predicted octanol–water partition coefficient (Wildman–Crippen LogP) is 2.91. The van der Waals surface area contributed by atoms with Crippen molar-refractivity contribution in [1.29, 1.82) is 5.26 Å². The van der Waals surface area contributed by atoms with Crippen LogP contribution in [0.5, 0.6) is 0 Å². The number of nitrogens with two attached hydrogens (primary N) is 1. The number of nitrogen functional groups attached to an aromatic ring is 1. The van der Waals surface area contributed by atoms with E-state index in [4.69, 9.17) is 11.0 Å². The van der Waals surface area contributed by atoms with Crippen LogP contribution in [0.4, 0.5) is 10.1 Å². The summed E-state index contributed by atoms with van der Waals surface area (Å²) in [7, 11) is 1.90. The average molecular weight is 269 g/mol. The fourth-order valence-corrected chi connectivity index (χ4v) is 2.12. The van der Waals surface area contributed by atoms with E-state index in [0.29, 0.717) is 24.2 Å². The Morgan fingerprint density at radius 1 is 1.20 bits per heavy atom. The highest BCUT2D eigenvalue weighted by Gasteiger charge is 2.08. The third-order valence-electron chi connectivity index (χ3n) is 3.06. The zero-order chi connectivity index (χ0) is 14.5. The molecule has 2 aromatic rings. The van der Waals surface area contributed by atoms with E-state index >= 15 is 0 Å². The van der Waals surface area contributed by atoms with Crippen molar-refractivity contribution in [2.24, 2.45) is 0 Å². The van der Waals surface area contributed by atoms with E-state index in [0.717, 1.165) is 5.56 Å². The monoisotopic (exact) mass is 269 g/mol. The lowest BCUT2D eigenvalue weighted by Crippen LogP contribution is -2.18. The van der Waals surface area contributed by atoms with Crippen molar-refractivity contribution < 1.29 is 4.39 Å². The fraction of sp³-hybridized carbons (Fsp3) is 0.188. The van der Waals surface area contributed by atoms with E-state index in [1.807, 2.05) is 30.1 Å². The molecule has 0 fully saturated rings. The Balaban J connectivity index is 2.07. The summed E-state index contributed by atoms with van der Waals surface area (Å²) >= 11 is 0. The predicted molar refractivity (Wildman–Crippen MR) is 77.1 cm³/mol. The maximum Gasteiger partial charge on any atom is 0.150 e. The third kappa shape index (κ3) is 3.34. The van der Waals surface area contributed by atoms with Crippen molar-refractivity contribution in [2.45, 2.75) is 13.1 Å². The molecule has 0 aromatic heterocycles. The van der Waals surface area contributed by atoms with E-state index in [9.17, 15) is 4.39 Å². The van der Waals surface area contributed by atoms with Gasteiger partial charge in [0.05, 0.1) is 17.3 Å². The van der Waals surface area contributed by atoms with Gasteiger partial charge in [0.2, 0.25) is 0 Å². The molecular formula is C16H16FN3. The average Bonchev–Trinajstić information content (AvgIpc) is 2.44. The normalized spacial score (nSPS) is 10.5. The lowest BCUT2D eigenvalue weighted by atomic mass is 10.1. The minimum Gasteiger partial charge on any atom is -0.396 e. The molecule has 2 N–H and O–H groups in total. The van der Waals surface area contributed by atoms with E-state index in [-0.39, 0.29) is 11.5 Å². The zero-order valence-corrected chi connectivity index (χ0v) is 11.3. The van der Waals surface area contributed by atoms with Gasteiger partial charge < -0.3 is 5.73 Å². The molecule has 2 aromatic carbocycles. The summed E-state index contributed by atoms with van der Waals surface area (Å²) in [5.74, 6) is -0.356. The van der Waals surface area contributed by atoms with Crippen LogP contribution in [0, 0.1) is 17.1 Å². The summed E-state index contributed by atoms with van der Waals surface area (Å²) in [6, 6.07) is 14.5. The van der Waals surface area contributed by atoms with Crippen LogP contribution in [-0.2, 0) is 13.1 Å². The molecule has 0 aliphatic carbocycles. The lowest BCUT2D eigenvalue weighted by Gasteiger charge is -2.17. The first-order chi connectivity index (χ1) is 9.60. The molecule has 0 bridgehead atoms. The smallest absolute Gasteiger partial charge is 0.150 e. The largest absolute Gasteiger partial charge is 0.396 e. The van der Waals surface area contributed by atoms with Crippen LogP contribution in [0.25, 0.3) is 0 Å². The van der Waals surface area contributed by atoms with Gasteiger partial charge in [-0.15, -0.1) is 0 Å². The Labute approximate surface area is 118 Å². The first-order valence-corrected chi connectivity index (χ1v) is 6.30. The van der Waals surface area contributed by atoms with Crippen molar-refractivity contribution in [3.05, 3.63) is 65.0 Å². The number of hydrogen-bond donors (Lipinski definition) is 1. The second-order valence-corrected chi connectivity index (χ2v) is 4.80. The molecule has 0 unspecified atom stereocenters. The molecule has 0 saturated heterocycles. The quantitative estimate of drug-likeness (QED) is 0.868. The van der Waals surface area contributed by atoms with Crippen LogP contribution < -0.4 is 5.73 Å². The van der Waals surface area contributed by atoms with E-state index < -0.39 is 0 Å². The maximum atomic E-state index is 13.8. The SMILES string of the molecule is CN(Cc1cccc(C#N)c1)Cc1cccc(N)c1F. The summed E-state index contributed by atoms with van der Waals surface area (Å²) in [5, 5.41) is 8.87. The van der Waals surface area contributed by atoms with Gasteiger partial charge in [-0.2, -0.15) is 5.26 Å². The second kappa shape index (κ2) is 6.18. The Kier molecular flexibility index (Phi) is 4.34. The standard InChI is InChI=1S/C16H16FN3/c1-20(10-13-5-2-4-12(8-13)9-18)11-14-6-3-7-15(19)16(14)17/h2-8H,10-11,19H2,1H3. The molecule has 0 saturated carbocycles. The van der Waals surface area contributed by atoms with Gasteiger partial charge in [-0.3, -0.25) is 4.90 Å². The number of hydrogen-bond acceptors (Lipinski definition) is 3. The maximum absolute atomic E-state index is 13.8. The number of benzene rings is 2. The molecule has 0 aliphatic rings. The Hall–Kier alpha value is -2.38. The highest BCUT2D eigenvalue weighted by Crippen LogP contribution is 2.17. The Morgan fingerprint density at radius 2 is 1.95 bits per heavy atom. The van der Waals surface area contributed by atoms with Crippen LogP contribution in [0.15, 0.2) is 42.5 Å². The topological polar surface area (TPSA) is 53.0 Å². The molecule has 3 nitrogen and oxygen atoms in total. The number of anilines is 1. The van der Waals surface area contributed by atoms with Gasteiger partial charge in [-0.25, -0.2) is 4.39 Å². The Morgan fingerprint density at radius 3 is 2.70 bits per heavy atom. The summed E-state index contributed by atoms with van der Waals surface area (Å²) in [5.41, 5.74) is 7.95. The van der Waals surface area contributed by atoms with Gasteiger partial charge >= 0.3 is 0 Å². The molecule has 4 heteroatoms.